The summed E-state index contributed by atoms with van der Waals surface area (Å²) in [5.74, 6) is -0.0553. The Morgan fingerprint density at radius 3 is 2.44 bits per heavy atom. The number of hydrogen-bond donors (Lipinski definition) is 1. The number of hydrogen-bond acceptors (Lipinski definition) is 3. The summed E-state index contributed by atoms with van der Waals surface area (Å²) >= 11 is 0. The van der Waals surface area contributed by atoms with E-state index in [0.717, 1.165) is 37.9 Å². The molecular weight excluding hydrogens is 226 g/mol. The van der Waals surface area contributed by atoms with Crippen molar-refractivity contribution in [1.82, 2.24) is 4.90 Å². The maximum absolute atomic E-state index is 12.2. The lowest BCUT2D eigenvalue weighted by atomic mass is 10.2. The van der Waals surface area contributed by atoms with E-state index in [1.165, 1.54) is 12.8 Å². The van der Waals surface area contributed by atoms with Gasteiger partial charge in [-0.3, -0.25) is 9.79 Å². The van der Waals surface area contributed by atoms with Crippen LogP contribution < -0.4 is 5.73 Å². The first-order valence-electron chi connectivity index (χ1n) is 6.60. The van der Waals surface area contributed by atoms with Crippen molar-refractivity contribution in [3.05, 3.63) is 23.5 Å². The van der Waals surface area contributed by atoms with Crippen LogP contribution in [0.15, 0.2) is 28.5 Å². The fraction of sp³-hybridized carbons (Fsp3) is 0.571. The van der Waals surface area contributed by atoms with E-state index in [9.17, 15) is 4.79 Å². The number of carbonyl (C=O) groups is 1. The summed E-state index contributed by atoms with van der Waals surface area (Å²) in [5, 5.41) is 0. The zero-order valence-electron chi connectivity index (χ0n) is 11.2. The van der Waals surface area contributed by atoms with Gasteiger partial charge in [0.25, 0.3) is 5.91 Å². The predicted molar refractivity (Wildman–Crippen MR) is 75.2 cm³/mol. The van der Waals surface area contributed by atoms with Crippen LogP contribution in [0.2, 0.25) is 0 Å². The van der Waals surface area contributed by atoms with Crippen LogP contribution in [0.3, 0.4) is 0 Å². The van der Waals surface area contributed by atoms with Crippen LogP contribution in [0.4, 0.5) is 0 Å². The number of nitrogens with two attached hydrogens (primary N) is 1. The van der Waals surface area contributed by atoms with E-state index in [1.807, 2.05) is 11.8 Å². The molecule has 0 aromatic carbocycles. The fourth-order valence-corrected chi connectivity index (χ4v) is 2.07. The molecule has 1 aliphatic heterocycles. The fourth-order valence-electron chi connectivity index (χ4n) is 2.07. The van der Waals surface area contributed by atoms with E-state index in [-0.39, 0.29) is 5.91 Å². The molecule has 2 N–H and O–H groups in total. The van der Waals surface area contributed by atoms with E-state index in [4.69, 9.17) is 5.73 Å². The lowest BCUT2D eigenvalue weighted by Gasteiger charge is -2.20. The summed E-state index contributed by atoms with van der Waals surface area (Å²) in [4.78, 5) is 17.7. The van der Waals surface area contributed by atoms with E-state index in [1.54, 1.807) is 12.3 Å². The quantitative estimate of drug-likeness (QED) is 0.472. The molecule has 1 fully saturated rings. The van der Waals surface area contributed by atoms with Gasteiger partial charge >= 0.3 is 0 Å². The third-order valence-electron chi connectivity index (χ3n) is 3.15. The van der Waals surface area contributed by atoms with Crippen LogP contribution in [-0.4, -0.2) is 30.6 Å². The summed E-state index contributed by atoms with van der Waals surface area (Å²) in [6.07, 6.45) is 8.69. The third-order valence-corrected chi connectivity index (χ3v) is 3.15. The van der Waals surface area contributed by atoms with E-state index in [2.05, 4.69) is 11.7 Å². The lowest BCUT2D eigenvalue weighted by molar-refractivity contribution is -0.127. The Bertz CT molecular complexity index is 350. The molecule has 0 saturated carbocycles. The Hall–Kier alpha value is -1.58. The zero-order valence-corrected chi connectivity index (χ0v) is 11.2. The van der Waals surface area contributed by atoms with Gasteiger partial charge in [0.1, 0.15) is 0 Å². The molecule has 0 radical (unpaired) electrons. The SMILES string of the molecule is C=N/C=C(\C=C(/N)C(=O)N1CCCCCC1)CC. The average Bonchev–Trinajstić information content (AvgIpc) is 2.65. The molecule has 0 atom stereocenters. The minimum atomic E-state index is -0.0553. The van der Waals surface area contributed by atoms with Gasteiger partial charge in [-0.2, -0.15) is 0 Å². The number of aliphatic imine (C=N–C) groups is 1. The van der Waals surface area contributed by atoms with Crippen molar-refractivity contribution >= 4 is 12.6 Å². The van der Waals surface area contributed by atoms with E-state index >= 15 is 0 Å². The van der Waals surface area contributed by atoms with Gasteiger partial charge in [-0.1, -0.05) is 19.8 Å². The number of nitrogens with zero attached hydrogens (tertiary/aromatic N) is 2. The topological polar surface area (TPSA) is 58.7 Å². The summed E-state index contributed by atoms with van der Waals surface area (Å²) in [6, 6.07) is 0. The number of carbonyl (C=O) groups excluding carboxylic acids is 1. The second-order valence-electron chi connectivity index (χ2n) is 4.55. The number of amides is 1. The average molecular weight is 249 g/mol. The van der Waals surface area contributed by atoms with Gasteiger partial charge in [-0.25, -0.2) is 0 Å². The van der Waals surface area contributed by atoms with Crippen molar-refractivity contribution in [2.75, 3.05) is 13.1 Å². The Morgan fingerprint density at radius 2 is 1.94 bits per heavy atom. The molecule has 1 aliphatic rings. The van der Waals surface area contributed by atoms with Crippen molar-refractivity contribution in [3.63, 3.8) is 0 Å². The van der Waals surface area contributed by atoms with E-state index < -0.39 is 0 Å². The first-order valence-corrected chi connectivity index (χ1v) is 6.60. The molecule has 4 heteroatoms. The highest BCUT2D eigenvalue weighted by molar-refractivity contribution is 5.93. The number of likely N-dealkylation sites (tertiary alicyclic amines) is 1. The summed E-state index contributed by atoms with van der Waals surface area (Å²) in [5.41, 5.74) is 7.09. The van der Waals surface area contributed by atoms with Gasteiger partial charge in [0.15, 0.2) is 0 Å². The summed E-state index contributed by atoms with van der Waals surface area (Å²) in [6.45, 7) is 7.04. The zero-order chi connectivity index (χ0) is 13.4. The molecule has 0 aliphatic carbocycles. The second-order valence-corrected chi connectivity index (χ2v) is 4.55. The van der Waals surface area contributed by atoms with Crippen LogP contribution in [-0.2, 0) is 4.79 Å². The monoisotopic (exact) mass is 249 g/mol. The van der Waals surface area contributed by atoms with Gasteiger partial charge < -0.3 is 10.6 Å². The van der Waals surface area contributed by atoms with E-state index in [0.29, 0.717) is 5.70 Å². The predicted octanol–water partition coefficient (Wildman–Crippen LogP) is 2.23. The van der Waals surface area contributed by atoms with Gasteiger partial charge in [0.05, 0.1) is 5.70 Å². The van der Waals surface area contributed by atoms with Gasteiger partial charge in [-0.15, -0.1) is 0 Å². The standard InChI is InChI=1S/C14H23N3O/c1-3-12(11-16-2)10-13(15)14(18)17-8-6-4-5-7-9-17/h10-11H,2-9,15H2,1H3/b12-11-,13-10-. The van der Waals surface area contributed by atoms with Gasteiger partial charge in [0.2, 0.25) is 0 Å². The van der Waals surface area contributed by atoms with Gasteiger partial charge in [-0.05, 0) is 37.6 Å². The second kappa shape index (κ2) is 7.69. The Labute approximate surface area is 109 Å². The highest BCUT2D eigenvalue weighted by Crippen LogP contribution is 2.12. The van der Waals surface area contributed by atoms with Crippen LogP contribution in [0.5, 0.6) is 0 Å². The highest BCUT2D eigenvalue weighted by Gasteiger charge is 2.17. The molecule has 0 aromatic rings. The first-order chi connectivity index (χ1) is 8.69. The third kappa shape index (κ3) is 4.35. The van der Waals surface area contributed by atoms with Crippen molar-refractivity contribution in [2.24, 2.45) is 10.7 Å². The van der Waals surface area contributed by atoms with Crippen molar-refractivity contribution in [3.8, 4) is 0 Å². The molecule has 1 saturated heterocycles. The van der Waals surface area contributed by atoms with Crippen LogP contribution in [0, 0.1) is 0 Å². The Morgan fingerprint density at radius 1 is 1.33 bits per heavy atom. The molecule has 18 heavy (non-hydrogen) atoms. The molecule has 0 bridgehead atoms. The normalized spacial score (nSPS) is 18.4. The Kier molecular flexibility index (Phi) is 6.19. The molecule has 4 nitrogen and oxygen atoms in total. The smallest absolute Gasteiger partial charge is 0.269 e. The molecule has 100 valence electrons. The highest BCUT2D eigenvalue weighted by atomic mass is 16.2. The molecule has 0 spiro atoms. The van der Waals surface area contributed by atoms with Crippen molar-refractivity contribution in [1.29, 1.82) is 0 Å². The van der Waals surface area contributed by atoms with Crippen molar-refractivity contribution in [2.45, 2.75) is 39.0 Å². The summed E-state index contributed by atoms with van der Waals surface area (Å²) < 4.78 is 0. The number of allylic oxidation sites excluding steroid dienone is 2. The lowest BCUT2D eigenvalue weighted by Crippen LogP contribution is -2.35. The van der Waals surface area contributed by atoms with Crippen LogP contribution >= 0.6 is 0 Å². The largest absolute Gasteiger partial charge is 0.394 e. The molecule has 0 aromatic heterocycles. The molecule has 0 unspecified atom stereocenters. The number of rotatable bonds is 4. The molecule has 1 amide bonds. The van der Waals surface area contributed by atoms with Crippen LogP contribution in [0.1, 0.15) is 39.0 Å². The first kappa shape index (κ1) is 14.5. The van der Waals surface area contributed by atoms with Gasteiger partial charge in [0, 0.05) is 19.3 Å². The van der Waals surface area contributed by atoms with Crippen LogP contribution in [0.25, 0.3) is 0 Å². The molecule has 1 rings (SSSR count). The minimum Gasteiger partial charge on any atom is -0.394 e. The maximum Gasteiger partial charge on any atom is 0.269 e. The maximum atomic E-state index is 12.2. The Balaban J connectivity index is 2.72. The van der Waals surface area contributed by atoms with Crippen molar-refractivity contribution < 1.29 is 4.79 Å². The molecule has 1 heterocycles. The summed E-state index contributed by atoms with van der Waals surface area (Å²) in [7, 11) is 0. The molecular formula is C14H23N3O. The minimum absolute atomic E-state index is 0.0553.